The summed E-state index contributed by atoms with van der Waals surface area (Å²) in [6.45, 7) is 1.99. The highest BCUT2D eigenvalue weighted by Gasteiger charge is 2.18. The fourth-order valence-corrected chi connectivity index (χ4v) is 2.33. The van der Waals surface area contributed by atoms with Gasteiger partial charge < -0.3 is 10.4 Å². The summed E-state index contributed by atoms with van der Waals surface area (Å²) in [4.78, 5) is 11.1. The summed E-state index contributed by atoms with van der Waals surface area (Å²) in [6.07, 6.45) is 5.94. The number of aliphatic hydroxyl groups is 1. The SMILES string of the molecule is C[C@@H](CC#CCc1ccccc1)[C@H](O)/C=C/[C@H]1CCC(=O)N1. The van der Waals surface area contributed by atoms with E-state index in [1.165, 1.54) is 5.56 Å². The molecule has 22 heavy (non-hydrogen) atoms. The fraction of sp³-hybridized carbons (Fsp3) is 0.421. The lowest BCUT2D eigenvalue weighted by atomic mass is 10.00. The Kier molecular flexibility index (Phi) is 6.24. The smallest absolute Gasteiger partial charge is 0.220 e. The Balaban J connectivity index is 1.73. The largest absolute Gasteiger partial charge is 0.389 e. The molecule has 3 heteroatoms. The fourth-order valence-electron chi connectivity index (χ4n) is 2.33. The maximum atomic E-state index is 11.1. The number of nitrogens with one attached hydrogen (secondary N) is 1. The normalized spacial score (nSPS) is 20.3. The van der Waals surface area contributed by atoms with Crippen LogP contribution >= 0.6 is 0 Å². The van der Waals surface area contributed by atoms with Crippen molar-refractivity contribution < 1.29 is 9.90 Å². The molecule has 1 amide bonds. The van der Waals surface area contributed by atoms with Crippen molar-refractivity contribution in [3.8, 4) is 11.8 Å². The molecule has 0 bridgehead atoms. The van der Waals surface area contributed by atoms with E-state index in [0.717, 1.165) is 12.8 Å². The van der Waals surface area contributed by atoms with Crippen molar-refractivity contribution in [2.75, 3.05) is 0 Å². The van der Waals surface area contributed by atoms with Gasteiger partial charge >= 0.3 is 0 Å². The van der Waals surface area contributed by atoms with Crippen LogP contribution in [0.4, 0.5) is 0 Å². The highest BCUT2D eigenvalue weighted by Crippen LogP contribution is 2.12. The lowest BCUT2D eigenvalue weighted by Gasteiger charge is -2.13. The van der Waals surface area contributed by atoms with Crippen LogP contribution in [0.1, 0.15) is 31.7 Å². The van der Waals surface area contributed by atoms with Gasteiger partial charge in [0, 0.05) is 25.3 Å². The van der Waals surface area contributed by atoms with Crippen molar-refractivity contribution in [1.29, 1.82) is 0 Å². The summed E-state index contributed by atoms with van der Waals surface area (Å²) in [6, 6.07) is 10.2. The van der Waals surface area contributed by atoms with Gasteiger partial charge in [0.25, 0.3) is 0 Å². The molecule has 0 aromatic heterocycles. The molecule has 1 heterocycles. The number of carbonyl (C=O) groups excluding carboxylic acids is 1. The highest BCUT2D eigenvalue weighted by atomic mass is 16.3. The van der Waals surface area contributed by atoms with Crippen LogP contribution in [0.15, 0.2) is 42.5 Å². The van der Waals surface area contributed by atoms with E-state index >= 15 is 0 Å². The third kappa shape index (κ3) is 5.38. The van der Waals surface area contributed by atoms with E-state index in [2.05, 4.69) is 29.3 Å². The standard InChI is InChI=1S/C19H23NO2/c1-15(7-5-6-10-16-8-3-2-4-9-16)18(21)13-11-17-12-14-19(22)20-17/h2-4,8-9,11,13,15,17-18,21H,7,10,12,14H2,1H3,(H,20,22)/b13-11+/t15-,17-,18+/m0/s1. The van der Waals surface area contributed by atoms with E-state index in [1.807, 2.05) is 31.2 Å². The number of amides is 1. The van der Waals surface area contributed by atoms with E-state index in [0.29, 0.717) is 12.8 Å². The summed E-state index contributed by atoms with van der Waals surface area (Å²) in [7, 11) is 0. The van der Waals surface area contributed by atoms with Crippen LogP contribution < -0.4 is 5.32 Å². The van der Waals surface area contributed by atoms with Crippen molar-refractivity contribution >= 4 is 5.91 Å². The van der Waals surface area contributed by atoms with Gasteiger partial charge in [-0.25, -0.2) is 0 Å². The molecule has 2 rings (SSSR count). The number of carbonyl (C=O) groups is 1. The number of rotatable bonds is 5. The first-order valence-electron chi connectivity index (χ1n) is 7.80. The molecular formula is C19H23NO2. The number of hydrogen-bond acceptors (Lipinski definition) is 2. The first-order chi connectivity index (χ1) is 10.6. The van der Waals surface area contributed by atoms with Crippen LogP contribution in [0.5, 0.6) is 0 Å². The molecule has 0 unspecified atom stereocenters. The molecule has 1 aromatic rings. The highest BCUT2D eigenvalue weighted by molar-refractivity contribution is 5.78. The van der Waals surface area contributed by atoms with Gasteiger partial charge in [-0.2, -0.15) is 0 Å². The second kappa shape index (κ2) is 8.41. The minimum absolute atomic E-state index is 0.0681. The van der Waals surface area contributed by atoms with Gasteiger partial charge in [0.2, 0.25) is 5.91 Å². The van der Waals surface area contributed by atoms with Crippen LogP contribution in [-0.4, -0.2) is 23.2 Å². The van der Waals surface area contributed by atoms with Crippen LogP contribution in [-0.2, 0) is 11.2 Å². The average molecular weight is 297 g/mol. The Hall–Kier alpha value is -2.05. The van der Waals surface area contributed by atoms with Crippen molar-refractivity contribution in [3.05, 3.63) is 48.0 Å². The molecule has 1 aliphatic rings. The lowest BCUT2D eigenvalue weighted by Crippen LogP contribution is -2.24. The minimum Gasteiger partial charge on any atom is -0.389 e. The molecule has 0 aliphatic carbocycles. The molecule has 3 nitrogen and oxygen atoms in total. The Morgan fingerprint density at radius 1 is 1.36 bits per heavy atom. The van der Waals surface area contributed by atoms with Gasteiger partial charge in [-0.05, 0) is 17.9 Å². The van der Waals surface area contributed by atoms with Gasteiger partial charge in [-0.1, -0.05) is 55.3 Å². The zero-order valence-electron chi connectivity index (χ0n) is 13.0. The third-order valence-electron chi connectivity index (χ3n) is 3.84. The minimum atomic E-state index is -0.525. The van der Waals surface area contributed by atoms with Crippen molar-refractivity contribution in [3.63, 3.8) is 0 Å². The number of aliphatic hydroxyl groups excluding tert-OH is 1. The van der Waals surface area contributed by atoms with E-state index in [9.17, 15) is 9.90 Å². The summed E-state index contributed by atoms with van der Waals surface area (Å²) >= 11 is 0. The van der Waals surface area contributed by atoms with Crippen molar-refractivity contribution in [2.45, 2.75) is 44.8 Å². The molecule has 3 atom stereocenters. The Labute approximate surface area is 132 Å². The summed E-state index contributed by atoms with van der Waals surface area (Å²) < 4.78 is 0. The van der Waals surface area contributed by atoms with Crippen LogP contribution in [0.25, 0.3) is 0 Å². The van der Waals surface area contributed by atoms with Gasteiger partial charge in [-0.3, -0.25) is 4.79 Å². The second-order valence-corrected chi connectivity index (χ2v) is 5.79. The molecule has 2 N–H and O–H groups in total. The van der Waals surface area contributed by atoms with Crippen LogP contribution in [0.3, 0.4) is 0 Å². The maximum absolute atomic E-state index is 11.1. The predicted octanol–water partition coefficient (Wildman–Crippen LogP) is 2.45. The summed E-state index contributed by atoms with van der Waals surface area (Å²) in [5, 5.41) is 12.9. The Morgan fingerprint density at radius 3 is 2.82 bits per heavy atom. The first-order valence-corrected chi connectivity index (χ1v) is 7.80. The molecule has 0 spiro atoms. The quantitative estimate of drug-likeness (QED) is 0.648. The summed E-state index contributed by atoms with van der Waals surface area (Å²) in [5.41, 5.74) is 1.21. The van der Waals surface area contributed by atoms with Crippen LogP contribution in [0.2, 0.25) is 0 Å². The number of hydrogen-bond donors (Lipinski definition) is 2. The monoisotopic (exact) mass is 297 g/mol. The van der Waals surface area contributed by atoms with Gasteiger partial charge in [0.15, 0.2) is 0 Å². The predicted molar refractivity (Wildman–Crippen MR) is 88.0 cm³/mol. The zero-order valence-corrected chi connectivity index (χ0v) is 13.0. The first kappa shape index (κ1) is 16.3. The average Bonchev–Trinajstić information content (AvgIpc) is 2.95. The zero-order chi connectivity index (χ0) is 15.8. The third-order valence-corrected chi connectivity index (χ3v) is 3.84. The molecule has 1 fully saturated rings. The van der Waals surface area contributed by atoms with Crippen molar-refractivity contribution in [2.24, 2.45) is 5.92 Å². The van der Waals surface area contributed by atoms with Crippen molar-refractivity contribution in [1.82, 2.24) is 5.32 Å². The molecular weight excluding hydrogens is 274 g/mol. The van der Waals surface area contributed by atoms with E-state index in [1.54, 1.807) is 6.08 Å². The molecule has 1 saturated heterocycles. The van der Waals surface area contributed by atoms with Gasteiger partial charge in [0.1, 0.15) is 0 Å². The molecule has 0 saturated carbocycles. The van der Waals surface area contributed by atoms with E-state index in [-0.39, 0.29) is 17.9 Å². The second-order valence-electron chi connectivity index (χ2n) is 5.79. The van der Waals surface area contributed by atoms with Gasteiger partial charge in [0.05, 0.1) is 6.10 Å². The Morgan fingerprint density at radius 2 is 2.14 bits per heavy atom. The molecule has 116 valence electrons. The van der Waals surface area contributed by atoms with Crippen LogP contribution in [0, 0.1) is 17.8 Å². The summed E-state index contributed by atoms with van der Waals surface area (Å²) in [5.74, 6) is 6.45. The molecule has 0 radical (unpaired) electrons. The lowest BCUT2D eigenvalue weighted by molar-refractivity contribution is -0.119. The topological polar surface area (TPSA) is 49.3 Å². The van der Waals surface area contributed by atoms with E-state index < -0.39 is 6.10 Å². The molecule has 1 aromatic carbocycles. The van der Waals surface area contributed by atoms with Gasteiger partial charge in [-0.15, -0.1) is 5.92 Å². The maximum Gasteiger partial charge on any atom is 0.220 e. The number of benzene rings is 1. The molecule has 1 aliphatic heterocycles. The Bertz CT molecular complexity index is 568. The van der Waals surface area contributed by atoms with E-state index in [4.69, 9.17) is 0 Å².